The van der Waals surface area contributed by atoms with E-state index in [1.807, 2.05) is 18.2 Å². The summed E-state index contributed by atoms with van der Waals surface area (Å²) in [5.74, 6) is 0.716. The quantitative estimate of drug-likeness (QED) is 0.787. The first-order valence-corrected chi connectivity index (χ1v) is 6.65. The van der Waals surface area contributed by atoms with E-state index < -0.39 is 0 Å². The second kappa shape index (κ2) is 4.34. The number of halogens is 1. The second-order valence-corrected chi connectivity index (χ2v) is 6.66. The summed E-state index contributed by atoms with van der Waals surface area (Å²) in [5, 5.41) is 9.11. The van der Waals surface area contributed by atoms with Gasteiger partial charge < -0.3 is 4.90 Å². The van der Waals surface area contributed by atoms with Gasteiger partial charge in [0.25, 0.3) is 0 Å². The van der Waals surface area contributed by atoms with Gasteiger partial charge in [0.05, 0.1) is 11.3 Å². The van der Waals surface area contributed by atoms with Gasteiger partial charge in [-0.25, -0.2) is 0 Å². The molecule has 17 heavy (non-hydrogen) atoms. The first-order valence-electron chi connectivity index (χ1n) is 5.86. The fourth-order valence-corrected chi connectivity index (χ4v) is 2.43. The molecule has 90 valence electrons. The Kier molecular flexibility index (Phi) is 3.18. The molecule has 1 aliphatic rings. The molecule has 1 heterocycles. The SMILES string of the molecule is CC(C)(C)C1CN(c2cc(Br)ccc2C#N)C1. The molecule has 0 amide bonds. The van der Waals surface area contributed by atoms with Crippen molar-refractivity contribution >= 4 is 21.6 Å². The molecular weight excluding hydrogens is 276 g/mol. The van der Waals surface area contributed by atoms with Crippen molar-refractivity contribution in [2.24, 2.45) is 11.3 Å². The summed E-state index contributed by atoms with van der Waals surface area (Å²) in [4.78, 5) is 2.29. The van der Waals surface area contributed by atoms with Crippen LogP contribution in [0.25, 0.3) is 0 Å². The highest BCUT2D eigenvalue weighted by atomic mass is 79.9. The van der Waals surface area contributed by atoms with E-state index in [0.717, 1.165) is 28.8 Å². The molecule has 1 aromatic carbocycles. The third-order valence-electron chi connectivity index (χ3n) is 3.53. The summed E-state index contributed by atoms with van der Waals surface area (Å²) >= 11 is 3.47. The van der Waals surface area contributed by atoms with Gasteiger partial charge >= 0.3 is 0 Å². The second-order valence-electron chi connectivity index (χ2n) is 5.74. The Balaban J connectivity index is 2.17. The Bertz CT molecular complexity index is 462. The lowest BCUT2D eigenvalue weighted by Crippen LogP contribution is -2.52. The van der Waals surface area contributed by atoms with Crippen molar-refractivity contribution in [3.63, 3.8) is 0 Å². The van der Waals surface area contributed by atoms with E-state index in [1.54, 1.807) is 0 Å². The van der Waals surface area contributed by atoms with Gasteiger partial charge in [-0.1, -0.05) is 36.7 Å². The highest BCUT2D eigenvalue weighted by Crippen LogP contribution is 2.38. The first-order chi connectivity index (χ1) is 7.91. The Morgan fingerprint density at radius 2 is 2.00 bits per heavy atom. The molecule has 0 aromatic heterocycles. The van der Waals surface area contributed by atoms with E-state index >= 15 is 0 Å². The Hall–Kier alpha value is -1.01. The van der Waals surface area contributed by atoms with Crippen LogP contribution in [0.5, 0.6) is 0 Å². The van der Waals surface area contributed by atoms with E-state index in [2.05, 4.69) is 47.7 Å². The third kappa shape index (κ3) is 2.47. The highest BCUT2D eigenvalue weighted by molar-refractivity contribution is 9.10. The van der Waals surface area contributed by atoms with Crippen LogP contribution in [0.15, 0.2) is 22.7 Å². The molecule has 0 spiro atoms. The van der Waals surface area contributed by atoms with Crippen LogP contribution < -0.4 is 4.90 Å². The van der Waals surface area contributed by atoms with Gasteiger partial charge in [-0.2, -0.15) is 5.26 Å². The van der Waals surface area contributed by atoms with E-state index in [1.165, 1.54) is 0 Å². The van der Waals surface area contributed by atoms with Gasteiger partial charge in [0.2, 0.25) is 0 Å². The molecule has 0 radical (unpaired) electrons. The van der Waals surface area contributed by atoms with Crippen LogP contribution >= 0.6 is 15.9 Å². The van der Waals surface area contributed by atoms with E-state index in [0.29, 0.717) is 11.3 Å². The summed E-state index contributed by atoms with van der Waals surface area (Å²) < 4.78 is 1.03. The number of hydrogen-bond donors (Lipinski definition) is 0. The molecule has 0 atom stereocenters. The molecule has 2 rings (SSSR count). The highest BCUT2D eigenvalue weighted by Gasteiger charge is 2.36. The van der Waals surface area contributed by atoms with Crippen LogP contribution in [0.2, 0.25) is 0 Å². The minimum absolute atomic E-state index is 0.356. The zero-order chi connectivity index (χ0) is 12.6. The lowest BCUT2D eigenvalue weighted by atomic mass is 9.75. The van der Waals surface area contributed by atoms with E-state index in [9.17, 15) is 0 Å². The van der Waals surface area contributed by atoms with Crippen molar-refractivity contribution in [2.45, 2.75) is 20.8 Å². The Morgan fingerprint density at radius 1 is 1.35 bits per heavy atom. The summed E-state index contributed by atoms with van der Waals surface area (Å²) in [6, 6.07) is 8.10. The number of nitriles is 1. The normalized spacial score (nSPS) is 16.5. The molecule has 2 nitrogen and oxygen atoms in total. The predicted molar refractivity (Wildman–Crippen MR) is 74.0 cm³/mol. The smallest absolute Gasteiger partial charge is 0.101 e. The van der Waals surface area contributed by atoms with Crippen molar-refractivity contribution in [2.75, 3.05) is 18.0 Å². The lowest BCUT2D eigenvalue weighted by Gasteiger charge is -2.47. The van der Waals surface area contributed by atoms with Crippen LogP contribution in [0.3, 0.4) is 0 Å². The zero-order valence-electron chi connectivity index (χ0n) is 10.5. The lowest BCUT2D eigenvalue weighted by molar-refractivity contribution is 0.195. The maximum atomic E-state index is 9.11. The van der Waals surface area contributed by atoms with E-state index in [-0.39, 0.29) is 0 Å². The molecule has 3 heteroatoms. The number of anilines is 1. The molecule has 0 unspecified atom stereocenters. The average molecular weight is 293 g/mol. The minimum atomic E-state index is 0.356. The van der Waals surface area contributed by atoms with Crippen LogP contribution in [0.1, 0.15) is 26.3 Å². The largest absolute Gasteiger partial charge is 0.370 e. The van der Waals surface area contributed by atoms with Crippen molar-refractivity contribution in [3.05, 3.63) is 28.2 Å². The molecule has 0 N–H and O–H groups in total. The molecule has 1 aliphatic heterocycles. The number of benzene rings is 1. The molecule has 1 fully saturated rings. The summed E-state index contributed by atoms with van der Waals surface area (Å²) in [6.07, 6.45) is 0. The fraction of sp³-hybridized carbons (Fsp3) is 0.500. The van der Waals surface area contributed by atoms with Gasteiger partial charge in [-0.3, -0.25) is 0 Å². The minimum Gasteiger partial charge on any atom is -0.370 e. The fourth-order valence-electron chi connectivity index (χ4n) is 2.08. The van der Waals surface area contributed by atoms with Gasteiger partial charge in [0.1, 0.15) is 6.07 Å². The van der Waals surface area contributed by atoms with Crippen molar-refractivity contribution in [1.29, 1.82) is 5.26 Å². The predicted octanol–water partition coefficient (Wildman–Crippen LogP) is 3.80. The number of hydrogen-bond acceptors (Lipinski definition) is 2. The monoisotopic (exact) mass is 292 g/mol. The maximum absolute atomic E-state index is 9.11. The summed E-state index contributed by atoms with van der Waals surface area (Å²) in [7, 11) is 0. The van der Waals surface area contributed by atoms with Crippen molar-refractivity contribution in [3.8, 4) is 6.07 Å². The van der Waals surface area contributed by atoms with Gasteiger partial charge in [-0.05, 0) is 29.5 Å². The van der Waals surface area contributed by atoms with Crippen molar-refractivity contribution < 1.29 is 0 Å². The zero-order valence-corrected chi connectivity index (χ0v) is 12.1. The van der Waals surface area contributed by atoms with Gasteiger partial charge in [-0.15, -0.1) is 0 Å². The number of rotatable bonds is 1. The number of nitrogens with zero attached hydrogens (tertiary/aromatic N) is 2. The van der Waals surface area contributed by atoms with E-state index in [4.69, 9.17) is 5.26 Å². The summed E-state index contributed by atoms with van der Waals surface area (Å²) in [6.45, 7) is 8.94. The maximum Gasteiger partial charge on any atom is 0.101 e. The van der Waals surface area contributed by atoms with Gasteiger partial charge in [0.15, 0.2) is 0 Å². The summed E-state index contributed by atoms with van der Waals surface area (Å²) in [5.41, 5.74) is 2.18. The van der Waals surface area contributed by atoms with Gasteiger partial charge in [0, 0.05) is 17.6 Å². The average Bonchev–Trinajstić information content (AvgIpc) is 2.13. The van der Waals surface area contributed by atoms with Crippen LogP contribution in [0.4, 0.5) is 5.69 Å². The van der Waals surface area contributed by atoms with Crippen LogP contribution in [-0.4, -0.2) is 13.1 Å². The third-order valence-corrected chi connectivity index (χ3v) is 4.02. The standard InChI is InChI=1S/C14H17BrN2/c1-14(2,3)11-8-17(9-11)13-6-12(15)5-4-10(13)7-16/h4-6,11H,8-9H2,1-3H3. The molecule has 0 bridgehead atoms. The Labute approximate surface area is 111 Å². The molecular formula is C14H17BrN2. The first kappa shape index (κ1) is 12.4. The molecule has 1 aromatic rings. The topological polar surface area (TPSA) is 27.0 Å². The molecule has 0 saturated carbocycles. The van der Waals surface area contributed by atoms with Crippen molar-refractivity contribution in [1.82, 2.24) is 0 Å². The van der Waals surface area contributed by atoms with Crippen LogP contribution in [-0.2, 0) is 0 Å². The van der Waals surface area contributed by atoms with Crippen LogP contribution in [0, 0.1) is 22.7 Å². The molecule has 1 saturated heterocycles. The Morgan fingerprint density at radius 3 is 2.53 bits per heavy atom. The molecule has 0 aliphatic carbocycles.